The summed E-state index contributed by atoms with van der Waals surface area (Å²) in [4.78, 5) is 47.6. The van der Waals surface area contributed by atoms with E-state index in [1.165, 1.54) is 36.6 Å². The lowest BCUT2D eigenvalue weighted by Crippen LogP contribution is -2.32. The van der Waals surface area contributed by atoms with Gasteiger partial charge in [0.1, 0.15) is 11.4 Å². The third-order valence-electron chi connectivity index (χ3n) is 4.88. The van der Waals surface area contributed by atoms with Crippen molar-refractivity contribution in [2.45, 2.75) is 6.92 Å². The minimum atomic E-state index is -0.742. The Morgan fingerprint density at radius 2 is 1.66 bits per heavy atom. The molecular formula is C27H24N4O7. The maximum Gasteiger partial charge on any atom is 0.344 e. The number of carbonyl (C=O) groups excluding carboxylic acids is 3. The Morgan fingerprint density at radius 3 is 2.34 bits per heavy atom. The molecule has 3 rings (SSSR count). The third-order valence-corrected chi connectivity index (χ3v) is 4.88. The predicted octanol–water partition coefficient (Wildman–Crippen LogP) is 3.46. The molecule has 38 heavy (non-hydrogen) atoms. The Morgan fingerprint density at radius 1 is 0.974 bits per heavy atom. The average Bonchev–Trinajstić information content (AvgIpc) is 2.93. The highest BCUT2D eigenvalue weighted by Gasteiger charge is 2.15. The molecular weight excluding hydrogens is 492 g/mol. The molecule has 11 heteroatoms. The van der Waals surface area contributed by atoms with Crippen LogP contribution in [0, 0.1) is 10.1 Å². The molecule has 0 aromatic heterocycles. The van der Waals surface area contributed by atoms with Gasteiger partial charge < -0.3 is 14.8 Å². The maximum absolute atomic E-state index is 12.9. The van der Waals surface area contributed by atoms with Gasteiger partial charge >= 0.3 is 5.97 Å². The van der Waals surface area contributed by atoms with Gasteiger partial charge in [-0.15, -0.1) is 0 Å². The Hall–Kier alpha value is -5.32. The van der Waals surface area contributed by atoms with Gasteiger partial charge in [-0.1, -0.05) is 30.3 Å². The molecule has 0 atom stereocenters. The van der Waals surface area contributed by atoms with E-state index in [0.717, 1.165) is 0 Å². The molecule has 0 fully saturated rings. The van der Waals surface area contributed by atoms with Crippen LogP contribution in [0.5, 0.6) is 5.75 Å². The van der Waals surface area contributed by atoms with Gasteiger partial charge in [0.15, 0.2) is 6.61 Å². The molecule has 3 aromatic rings. The fourth-order valence-corrected chi connectivity index (χ4v) is 3.08. The third kappa shape index (κ3) is 8.12. The van der Waals surface area contributed by atoms with Crippen LogP contribution < -0.4 is 15.5 Å². The van der Waals surface area contributed by atoms with Crippen LogP contribution in [0.15, 0.2) is 89.7 Å². The lowest BCUT2D eigenvalue weighted by molar-refractivity contribution is -0.384. The SMILES string of the molecule is CCOC(=O)COc1ccccc1C=NNC(=O)C(=Cc1ccc([N+](=O)[O-])cc1)NC(=O)c1ccccc1. The maximum atomic E-state index is 12.9. The van der Waals surface area contributed by atoms with Crippen molar-refractivity contribution in [3.63, 3.8) is 0 Å². The molecule has 0 unspecified atom stereocenters. The molecule has 194 valence electrons. The van der Waals surface area contributed by atoms with Gasteiger partial charge in [-0.2, -0.15) is 5.10 Å². The zero-order valence-electron chi connectivity index (χ0n) is 20.3. The normalized spacial score (nSPS) is 11.0. The topological polar surface area (TPSA) is 149 Å². The van der Waals surface area contributed by atoms with Crippen molar-refractivity contribution in [1.82, 2.24) is 10.7 Å². The van der Waals surface area contributed by atoms with E-state index in [2.05, 4.69) is 15.8 Å². The number of nitro groups is 1. The number of hydrogen-bond acceptors (Lipinski definition) is 8. The van der Waals surface area contributed by atoms with Crippen molar-refractivity contribution in [3.05, 3.63) is 111 Å². The fraction of sp³-hybridized carbons (Fsp3) is 0.111. The van der Waals surface area contributed by atoms with Gasteiger partial charge in [0, 0.05) is 23.3 Å². The number of esters is 1. The van der Waals surface area contributed by atoms with Crippen LogP contribution in [-0.4, -0.2) is 42.1 Å². The van der Waals surface area contributed by atoms with E-state index in [1.54, 1.807) is 61.5 Å². The molecule has 0 aliphatic heterocycles. The number of amides is 2. The van der Waals surface area contributed by atoms with Crippen molar-refractivity contribution < 1.29 is 28.8 Å². The van der Waals surface area contributed by atoms with Crippen LogP contribution in [-0.2, 0) is 14.3 Å². The van der Waals surface area contributed by atoms with Gasteiger partial charge in [0.05, 0.1) is 17.7 Å². The molecule has 0 heterocycles. The number of nitrogens with zero attached hydrogens (tertiary/aromatic N) is 2. The first-order valence-electron chi connectivity index (χ1n) is 11.4. The minimum absolute atomic E-state index is 0.116. The molecule has 2 amide bonds. The molecule has 0 radical (unpaired) electrons. The Bertz CT molecular complexity index is 1350. The summed E-state index contributed by atoms with van der Waals surface area (Å²) in [6.07, 6.45) is 2.69. The second kappa shape index (κ2) is 13.7. The van der Waals surface area contributed by atoms with E-state index in [0.29, 0.717) is 22.4 Å². The smallest absolute Gasteiger partial charge is 0.344 e. The number of ether oxygens (including phenoxy) is 2. The number of hydrazone groups is 1. The number of hydrogen-bond donors (Lipinski definition) is 2. The first-order chi connectivity index (χ1) is 18.4. The summed E-state index contributed by atoms with van der Waals surface area (Å²) >= 11 is 0. The molecule has 0 aliphatic rings. The Kier molecular flexibility index (Phi) is 9.82. The highest BCUT2D eigenvalue weighted by molar-refractivity contribution is 6.05. The van der Waals surface area contributed by atoms with Crippen molar-refractivity contribution >= 4 is 35.8 Å². The Balaban J connectivity index is 1.78. The molecule has 0 aliphatic carbocycles. The van der Waals surface area contributed by atoms with Crippen LogP contribution in [0.1, 0.15) is 28.4 Å². The van der Waals surface area contributed by atoms with Crippen LogP contribution in [0.25, 0.3) is 6.08 Å². The number of nitrogens with one attached hydrogen (secondary N) is 2. The highest BCUT2D eigenvalue weighted by atomic mass is 16.6. The Labute approximate surface area is 217 Å². The number of carbonyl (C=O) groups is 3. The summed E-state index contributed by atoms with van der Waals surface area (Å²) in [6.45, 7) is 1.63. The van der Waals surface area contributed by atoms with Crippen molar-refractivity contribution in [3.8, 4) is 5.75 Å². The molecule has 0 saturated heterocycles. The van der Waals surface area contributed by atoms with Gasteiger partial charge in [-0.05, 0) is 55.0 Å². The number of rotatable bonds is 11. The number of nitro benzene ring substituents is 1. The summed E-state index contributed by atoms with van der Waals surface area (Å²) < 4.78 is 10.3. The number of benzene rings is 3. The zero-order chi connectivity index (χ0) is 27.3. The molecule has 0 bridgehead atoms. The lowest BCUT2D eigenvalue weighted by atomic mass is 10.1. The van der Waals surface area contributed by atoms with Gasteiger partial charge in [-0.25, -0.2) is 10.2 Å². The van der Waals surface area contributed by atoms with Gasteiger partial charge in [0.2, 0.25) is 0 Å². The van der Waals surface area contributed by atoms with E-state index in [9.17, 15) is 24.5 Å². The van der Waals surface area contributed by atoms with Crippen LogP contribution in [0.2, 0.25) is 0 Å². The predicted molar refractivity (Wildman–Crippen MR) is 139 cm³/mol. The highest BCUT2D eigenvalue weighted by Crippen LogP contribution is 2.16. The lowest BCUT2D eigenvalue weighted by Gasteiger charge is -2.10. The largest absolute Gasteiger partial charge is 0.481 e. The van der Waals surface area contributed by atoms with Crippen molar-refractivity contribution in [2.24, 2.45) is 5.10 Å². The van der Waals surface area contributed by atoms with E-state index in [1.807, 2.05) is 0 Å². The first-order valence-corrected chi connectivity index (χ1v) is 11.4. The summed E-state index contributed by atoms with van der Waals surface area (Å²) in [5, 5.41) is 17.4. The van der Waals surface area contributed by atoms with Crippen molar-refractivity contribution in [1.29, 1.82) is 0 Å². The summed E-state index contributed by atoms with van der Waals surface area (Å²) in [6, 6.07) is 20.5. The van der Waals surface area contributed by atoms with Crippen LogP contribution >= 0.6 is 0 Å². The summed E-state index contributed by atoms with van der Waals surface area (Å²) in [5.41, 5.74) is 3.33. The fourth-order valence-electron chi connectivity index (χ4n) is 3.08. The van der Waals surface area contributed by atoms with Gasteiger partial charge in [0.25, 0.3) is 17.5 Å². The van der Waals surface area contributed by atoms with Crippen LogP contribution in [0.4, 0.5) is 5.69 Å². The average molecular weight is 517 g/mol. The number of non-ortho nitro benzene ring substituents is 1. The molecule has 3 aromatic carbocycles. The van der Waals surface area contributed by atoms with E-state index in [-0.39, 0.29) is 24.6 Å². The monoisotopic (exact) mass is 516 g/mol. The molecule has 0 spiro atoms. The summed E-state index contributed by atoms with van der Waals surface area (Å²) in [5.74, 6) is -1.45. The zero-order valence-corrected chi connectivity index (χ0v) is 20.3. The standard InChI is InChI=1S/C27H24N4O7/c1-2-37-25(32)18-38-24-11-7-6-10-21(24)17-28-30-27(34)23(29-26(33)20-8-4-3-5-9-20)16-19-12-14-22(15-13-19)31(35)36/h3-17H,2,18H2,1H3,(H,29,33)(H,30,34). The summed E-state index contributed by atoms with van der Waals surface area (Å²) in [7, 11) is 0. The number of para-hydroxylation sites is 1. The van der Waals surface area contributed by atoms with E-state index in [4.69, 9.17) is 9.47 Å². The molecule has 0 saturated carbocycles. The van der Waals surface area contributed by atoms with Crippen molar-refractivity contribution in [2.75, 3.05) is 13.2 Å². The van der Waals surface area contributed by atoms with E-state index < -0.39 is 22.7 Å². The second-order valence-corrected chi connectivity index (χ2v) is 7.56. The minimum Gasteiger partial charge on any atom is -0.481 e. The quantitative estimate of drug-likeness (QED) is 0.130. The molecule has 2 N–H and O–H groups in total. The van der Waals surface area contributed by atoms with Gasteiger partial charge in [-0.3, -0.25) is 19.7 Å². The first kappa shape index (κ1) is 27.3. The second-order valence-electron chi connectivity index (χ2n) is 7.56. The van der Waals surface area contributed by atoms with E-state index >= 15 is 0 Å². The van der Waals surface area contributed by atoms with Crippen LogP contribution in [0.3, 0.4) is 0 Å². The molecule has 11 nitrogen and oxygen atoms in total.